The molecule has 0 unspecified atom stereocenters. The maximum absolute atomic E-state index is 13.7. The molecule has 0 spiro atoms. The van der Waals surface area contributed by atoms with Gasteiger partial charge in [0.25, 0.3) is 0 Å². The van der Waals surface area contributed by atoms with Crippen molar-refractivity contribution in [3.05, 3.63) is 54.1 Å². The van der Waals surface area contributed by atoms with Gasteiger partial charge in [0.15, 0.2) is 0 Å². The van der Waals surface area contributed by atoms with Gasteiger partial charge in [0, 0.05) is 18.7 Å². The molecule has 0 aliphatic heterocycles. The first kappa shape index (κ1) is 29.0. The normalized spacial score (nSPS) is 12.1. The van der Waals surface area contributed by atoms with Gasteiger partial charge in [-0.25, -0.2) is 8.42 Å². The van der Waals surface area contributed by atoms with E-state index in [0.717, 1.165) is 16.1 Å². The van der Waals surface area contributed by atoms with Crippen LogP contribution in [0.1, 0.15) is 32.8 Å². The molecule has 0 aliphatic rings. The average Bonchev–Trinajstić information content (AvgIpc) is 2.83. The molecule has 10 heteroatoms. The minimum Gasteiger partial charge on any atom is -0.497 e. The molecule has 36 heavy (non-hydrogen) atoms. The van der Waals surface area contributed by atoms with Crippen molar-refractivity contribution in [2.24, 2.45) is 0 Å². The predicted molar refractivity (Wildman–Crippen MR) is 141 cm³/mol. The molecule has 2 aromatic rings. The standard InChI is InChI=1S/C26H37N3O6S/c1-7-22(26(31)27-19(2)3)28(16-15-20-11-9-8-10-12-20)25(30)18-29(36(6,32)33)23-17-21(34-4)13-14-24(23)35-5/h8-14,17,19,22H,7,15-16,18H2,1-6H3,(H,27,31)/t22-/m0/s1. The molecule has 2 aromatic carbocycles. The second kappa shape index (κ2) is 13.2. The Labute approximate surface area is 214 Å². The lowest BCUT2D eigenvalue weighted by Crippen LogP contribution is -2.54. The van der Waals surface area contributed by atoms with Gasteiger partial charge in [-0.05, 0) is 44.4 Å². The number of amides is 2. The molecule has 1 N–H and O–H groups in total. The molecule has 1 atom stereocenters. The van der Waals surface area contributed by atoms with Gasteiger partial charge in [0.05, 0.1) is 26.2 Å². The van der Waals surface area contributed by atoms with Crippen LogP contribution in [0.15, 0.2) is 48.5 Å². The van der Waals surface area contributed by atoms with Crippen LogP contribution < -0.4 is 19.1 Å². The molecule has 0 bridgehead atoms. The number of nitrogens with zero attached hydrogens (tertiary/aromatic N) is 2. The molecule has 2 amide bonds. The van der Waals surface area contributed by atoms with E-state index in [2.05, 4.69) is 5.32 Å². The van der Waals surface area contributed by atoms with E-state index in [1.807, 2.05) is 51.1 Å². The second-order valence-corrected chi connectivity index (χ2v) is 10.6. The Hall–Kier alpha value is -3.27. The highest BCUT2D eigenvalue weighted by Gasteiger charge is 2.32. The highest BCUT2D eigenvalue weighted by Crippen LogP contribution is 2.33. The molecular formula is C26H37N3O6S. The van der Waals surface area contributed by atoms with Crippen LogP contribution in [0.5, 0.6) is 11.5 Å². The van der Waals surface area contributed by atoms with E-state index in [1.54, 1.807) is 12.1 Å². The minimum absolute atomic E-state index is 0.105. The SMILES string of the molecule is CC[C@@H](C(=O)NC(C)C)N(CCc1ccccc1)C(=O)CN(c1cc(OC)ccc1OC)S(C)(=O)=O. The van der Waals surface area contributed by atoms with Gasteiger partial charge in [-0.3, -0.25) is 13.9 Å². The molecule has 0 saturated heterocycles. The first-order chi connectivity index (χ1) is 17.0. The number of hydrogen-bond acceptors (Lipinski definition) is 6. The lowest BCUT2D eigenvalue weighted by atomic mass is 10.1. The monoisotopic (exact) mass is 519 g/mol. The zero-order valence-corrected chi connectivity index (χ0v) is 22.7. The van der Waals surface area contributed by atoms with Crippen molar-refractivity contribution in [2.75, 3.05) is 37.9 Å². The summed E-state index contributed by atoms with van der Waals surface area (Å²) in [5.74, 6) is -0.0872. The number of anilines is 1. The number of nitrogens with one attached hydrogen (secondary N) is 1. The van der Waals surface area contributed by atoms with Crippen LogP contribution in [-0.2, 0) is 26.0 Å². The Morgan fingerprint density at radius 3 is 2.22 bits per heavy atom. The van der Waals surface area contributed by atoms with Crippen LogP contribution in [0.3, 0.4) is 0 Å². The number of carbonyl (C=O) groups excluding carboxylic acids is 2. The van der Waals surface area contributed by atoms with Crippen LogP contribution in [0.4, 0.5) is 5.69 Å². The predicted octanol–water partition coefficient (Wildman–Crippen LogP) is 2.84. The second-order valence-electron chi connectivity index (χ2n) is 8.72. The summed E-state index contributed by atoms with van der Waals surface area (Å²) in [6, 6.07) is 13.5. The highest BCUT2D eigenvalue weighted by molar-refractivity contribution is 7.92. The van der Waals surface area contributed by atoms with Gasteiger partial charge < -0.3 is 19.7 Å². The lowest BCUT2D eigenvalue weighted by molar-refractivity contribution is -0.139. The molecule has 0 saturated carbocycles. The summed E-state index contributed by atoms with van der Waals surface area (Å²) in [5.41, 5.74) is 1.18. The summed E-state index contributed by atoms with van der Waals surface area (Å²) in [6.07, 6.45) is 1.91. The summed E-state index contributed by atoms with van der Waals surface area (Å²) in [5, 5.41) is 2.87. The lowest BCUT2D eigenvalue weighted by Gasteiger charge is -2.33. The maximum Gasteiger partial charge on any atom is 0.244 e. The van der Waals surface area contributed by atoms with Crippen LogP contribution in [0.25, 0.3) is 0 Å². The van der Waals surface area contributed by atoms with Gasteiger partial charge in [0.1, 0.15) is 24.1 Å². The molecule has 198 valence electrons. The van der Waals surface area contributed by atoms with Gasteiger partial charge in [-0.2, -0.15) is 0 Å². The quantitative estimate of drug-likeness (QED) is 0.436. The first-order valence-electron chi connectivity index (χ1n) is 11.8. The Morgan fingerprint density at radius 2 is 1.69 bits per heavy atom. The third kappa shape index (κ3) is 7.87. The van der Waals surface area contributed by atoms with E-state index in [-0.39, 0.29) is 29.9 Å². The van der Waals surface area contributed by atoms with E-state index < -0.39 is 28.5 Å². The fourth-order valence-corrected chi connectivity index (χ4v) is 4.71. The van der Waals surface area contributed by atoms with Crippen molar-refractivity contribution < 1.29 is 27.5 Å². The van der Waals surface area contributed by atoms with Crippen molar-refractivity contribution in [1.29, 1.82) is 0 Å². The maximum atomic E-state index is 13.7. The number of hydrogen-bond donors (Lipinski definition) is 1. The number of rotatable bonds is 13. The molecule has 9 nitrogen and oxygen atoms in total. The van der Waals surface area contributed by atoms with Gasteiger partial charge >= 0.3 is 0 Å². The van der Waals surface area contributed by atoms with Crippen LogP contribution in [0.2, 0.25) is 0 Å². The van der Waals surface area contributed by atoms with Crippen molar-refractivity contribution in [3.63, 3.8) is 0 Å². The average molecular weight is 520 g/mol. The fraction of sp³-hybridized carbons (Fsp3) is 0.462. The van der Waals surface area contributed by atoms with Crippen molar-refractivity contribution in [3.8, 4) is 11.5 Å². The van der Waals surface area contributed by atoms with Crippen LogP contribution in [-0.4, -0.2) is 70.8 Å². The van der Waals surface area contributed by atoms with Gasteiger partial charge in [-0.15, -0.1) is 0 Å². The van der Waals surface area contributed by atoms with Crippen molar-refractivity contribution in [2.45, 2.75) is 45.7 Å². The van der Waals surface area contributed by atoms with E-state index in [0.29, 0.717) is 18.6 Å². The number of benzene rings is 2. The Balaban J connectivity index is 2.45. The molecule has 2 rings (SSSR count). The van der Waals surface area contributed by atoms with E-state index in [4.69, 9.17) is 9.47 Å². The zero-order valence-electron chi connectivity index (χ0n) is 21.9. The largest absolute Gasteiger partial charge is 0.497 e. The van der Waals surface area contributed by atoms with Gasteiger partial charge in [-0.1, -0.05) is 37.3 Å². The third-order valence-corrected chi connectivity index (χ3v) is 6.76. The third-order valence-electron chi connectivity index (χ3n) is 5.63. The summed E-state index contributed by atoms with van der Waals surface area (Å²) in [7, 11) is -1.01. The minimum atomic E-state index is -3.89. The number of ether oxygens (including phenoxy) is 2. The van der Waals surface area contributed by atoms with Crippen molar-refractivity contribution >= 4 is 27.5 Å². The molecule has 0 aromatic heterocycles. The Kier molecular flexibility index (Phi) is 10.6. The number of sulfonamides is 1. The molecule has 0 heterocycles. The van der Waals surface area contributed by atoms with E-state index in [9.17, 15) is 18.0 Å². The van der Waals surface area contributed by atoms with Crippen LogP contribution in [0, 0.1) is 0 Å². The molecule has 0 aliphatic carbocycles. The molecule has 0 radical (unpaired) electrons. The summed E-state index contributed by atoms with van der Waals surface area (Å²) in [6.45, 7) is 5.28. The van der Waals surface area contributed by atoms with Crippen molar-refractivity contribution in [1.82, 2.24) is 10.2 Å². The number of methoxy groups -OCH3 is 2. The molecular weight excluding hydrogens is 482 g/mol. The summed E-state index contributed by atoms with van der Waals surface area (Å²) < 4.78 is 37.3. The number of carbonyl (C=O) groups is 2. The fourth-order valence-electron chi connectivity index (χ4n) is 3.86. The summed E-state index contributed by atoms with van der Waals surface area (Å²) >= 11 is 0. The van der Waals surface area contributed by atoms with Crippen LogP contribution >= 0.6 is 0 Å². The smallest absolute Gasteiger partial charge is 0.244 e. The Bertz CT molecular complexity index is 1120. The van der Waals surface area contributed by atoms with Gasteiger partial charge in [0.2, 0.25) is 21.8 Å². The summed E-state index contributed by atoms with van der Waals surface area (Å²) in [4.78, 5) is 28.2. The van der Waals surface area contributed by atoms with E-state index in [1.165, 1.54) is 25.2 Å². The molecule has 0 fully saturated rings. The first-order valence-corrected chi connectivity index (χ1v) is 13.7. The highest BCUT2D eigenvalue weighted by atomic mass is 32.2. The Morgan fingerprint density at radius 1 is 1.03 bits per heavy atom. The zero-order chi connectivity index (χ0) is 26.9. The van der Waals surface area contributed by atoms with E-state index >= 15 is 0 Å². The topological polar surface area (TPSA) is 105 Å².